The molecule has 1 unspecified atom stereocenters. The standard InChI is InChI=1S/C9H15F3O2/c1-3-7(2)4-8(13)5-14-6-9(10,11)12/h7H,3-6H2,1-2H3. The quantitative estimate of drug-likeness (QED) is 0.676. The maximum Gasteiger partial charge on any atom is 0.411 e. The Labute approximate surface area is 81.4 Å². The van der Waals surface area contributed by atoms with Crippen molar-refractivity contribution in [2.75, 3.05) is 13.2 Å². The van der Waals surface area contributed by atoms with Crippen molar-refractivity contribution in [3.63, 3.8) is 0 Å². The van der Waals surface area contributed by atoms with Crippen molar-refractivity contribution in [1.82, 2.24) is 0 Å². The third kappa shape index (κ3) is 8.04. The highest BCUT2D eigenvalue weighted by molar-refractivity contribution is 5.79. The van der Waals surface area contributed by atoms with Gasteiger partial charge in [0.15, 0.2) is 5.78 Å². The highest BCUT2D eigenvalue weighted by atomic mass is 19.4. The molecule has 0 saturated carbocycles. The molecule has 1 atom stereocenters. The number of Topliss-reactive ketones (excluding diaryl/α,β-unsaturated/α-hetero) is 1. The summed E-state index contributed by atoms with van der Waals surface area (Å²) in [5.74, 6) is -0.0689. The summed E-state index contributed by atoms with van der Waals surface area (Å²) in [5, 5.41) is 0. The first-order valence-electron chi connectivity index (χ1n) is 4.51. The van der Waals surface area contributed by atoms with Crippen LogP contribution in [0.2, 0.25) is 0 Å². The predicted octanol–water partition coefficient (Wildman–Crippen LogP) is 2.57. The van der Waals surface area contributed by atoms with E-state index in [2.05, 4.69) is 4.74 Å². The van der Waals surface area contributed by atoms with Crippen LogP contribution in [0.25, 0.3) is 0 Å². The number of carbonyl (C=O) groups is 1. The van der Waals surface area contributed by atoms with E-state index in [0.29, 0.717) is 0 Å². The number of rotatable bonds is 6. The smallest absolute Gasteiger partial charge is 0.364 e. The number of hydrogen-bond donors (Lipinski definition) is 0. The second-order valence-corrected chi connectivity index (χ2v) is 3.36. The van der Waals surface area contributed by atoms with Gasteiger partial charge in [0, 0.05) is 6.42 Å². The molecule has 0 aromatic carbocycles. The van der Waals surface area contributed by atoms with Crippen LogP contribution < -0.4 is 0 Å². The van der Waals surface area contributed by atoms with E-state index >= 15 is 0 Å². The van der Waals surface area contributed by atoms with E-state index in [0.717, 1.165) is 6.42 Å². The van der Waals surface area contributed by atoms with Crippen LogP contribution in [0.1, 0.15) is 26.7 Å². The topological polar surface area (TPSA) is 26.3 Å². The van der Waals surface area contributed by atoms with E-state index < -0.39 is 19.4 Å². The molecular weight excluding hydrogens is 197 g/mol. The lowest BCUT2D eigenvalue weighted by atomic mass is 10.0. The summed E-state index contributed by atoms with van der Waals surface area (Å²) in [5.41, 5.74) is 0. The van der Waals surface area contributed by atoms with Gasteiger partial charge in [-0.25, -0.2) is 0 Å². The molecule has 84 valence electrons. The molecule has 0 aliphatic rings. The number of hydrogen-bond acceptors (Lipinski definition) is 2. The third-order valence-corrected chi connectivity index (χ3v) is 1.80. The summed E-state index contributed by atoms with van der Waals surface area (Å²) in [4.78, 5) is 11.0. The molecule has 0 spiro atoms. The van der Waals surface area contributed by atoms with Crippen LogP contribution in [0.15, 0.2) is 0 Å². The van der Waals surface area contributed by atoms with Gasteiger partial charge < -0.3 is 4.74 Å². The highest BCUT2D eigenvalue weighted by Crippen LogP contribution is 2.14. The monoisotopic (exact) mass is 212 g/mol. The van der Waals surface area contributed by atoms with E-state index in [9.17, 15) is 18.0 Å². The lowest BCUT2D eigenvalue weighted by Gasteiger charge is -2.09. The van der Waals surface area contributed by atoms with Gasteiger partial charge in [0.2, 0.25) is 0 Å². The minimum atomic E-state index is -4.35. The number of halogens is 3. The Hall–Kier alpha value is -0.580. The van der Waals surface area contributed by atoms with E-state index in [1.807, 2.05) is 13.8 Å². The summed E-state index contributed by atoms with van der Waals surface area (Å²) in [7, 11) is 0. The molecule has 0 bridgehead atoms. The van der Waals surface area contributed by atoms with Gasteiger partial charge in [0.25, 0.3) is 0 Å². The summed E-state index contributed by atoms with van der Waals surface area (Å²) >= 11 is 0. The Morgan fingerprint density at radius 2 is 2.00 bits per heavy atom. The van der Waals surface area contributed by atoms with Gasteiger partial charge in [-0.05, 0) is 5.92 Å². The van der Waals surface area contributed by atoms with Crippen LogP contribution >= 0.6 is 0 Å². The Morgan fingerprint density at radius 1 is 1.43 bits per heavy atom. The van der Waals surface area contributed by atoms with Crippen molar-refractivity contribution in [3.8, 4) is 0 Å². The summed E-state index contributed by atoms with van der Waals surface area (Å²) in [6.07, 6.45) is -3.23. The summed E-state index contributed by atoms with van der Waals surface area (Å²) < 4.78 is 39.0. The van der Waals surface area contributed by atoms with Crippen LogP contribution in [-0.4, -0.2) is 25.2 Å². The molecule has 0 aromatic heterocycles. The van der Waals surface area contributed by atoms with E-state index in [-0.39, 0.29) is 18.1 Å². The van der Waals surface area contributed by atoms with Gasteiger partial charge in [0.05, 0.1) is 0 Å². The summed E-state index contributed by atoms with van der Waals surface area (Å²) in [6.45, 7) is 2.01. The molecule has 0 saturated heterocycles. The van der Waals surface area contributed by atoms with Crippen molar-refractivity contribution in [2.45, 2.75) is 32.9 Å². The van der Waals surface area contributed by atoms with Crippen molar-refractivity contribution >= 4 is 5.78 Å². The maximum absolute atomic E-state index is 11.6. The van der Waals surface area contributed by atoms with Crippen molar-refractivity contribution < 1.29 is 22.7 Å². The van der Waals surface area contributed by atoms with Gasteiger partial charge >= 0.3 is 6.18 Å². The number of carbonyl (C=O) groups excluding carboxylic acids is 1. The fourth-order valence-corrected chi connectivity index (χ4v) is 0.873. The highest BCUT2D eigenvalue weighted by Gasteiger charge is 2.27. The van der Waals surface area contributed by atoms with Crippen molar-refractivity contribution in [1.29, 1.82) is 0 Å². The Bertz CT molecular complexity index is 177. The van der Waals surface area contributed by atoms with Crippen LogP contribution in [-0.2, 0) is 9.53 Å². The van der Waals surface area contributed by atoms with E-state index in [1.54, 1.807) is 0 Å². The van der Waals surface area contributed by atoms with Gasteiger partial charge in [-0.3, -0.25) is 4.79 Å². The normalized spacial score (nSPS) is 14.1. The molecule has 14 heavy (non-hydrogen) atoms. The van der Waals surface area contributed by atoms with Gasteiger partial charge in [-0.2, -0.15) is 13.2 Å². The van der Waals surface area contributed by atoms with Crippen molar-refractivity contribution in [3.05, 3.63) is 0 Å². The van der Waals surface area contributed by atoms with Gasteiger partial charge in [0.1, 0.15) is 13.2 Å². The van der Waals surface area contributed by atoms with E-state index in [4.69, 9.17) is 0 Å². The molecule has 2 nitrogen and oxygen atoms in total. The second-order valence-electron chi connectivity index (χ2n) is 3.36. The Kier molecular flexibility index (Phi) is 5.76. The van der Waals surface area contributed by atoms with Gasteiger partial charge in [-0.15, -0.1) is 0 Å². The molecule has 0 fully saturated rings. The largest absolute Gasteiger partial charge is 0.411 e. The van der Waals surface area contributed by atoms with Crippen molar-refractivity contribution in [2.24, 2.45) is 5.92 Å². The first-order valence-corrected chi connectivity index (χ1v) is 4.51. The zero-order chi connectivity index (χ0) is 11.2. The molecule has 0 amide bonds. The first-order chi connectivity index (χ1) is 6.35. The number of ketones is 1. The SMILES string of the molecule is CCC(C)CC(=O)COCC(F)(F)F. The molecular formula is C9H15F3O2. The maximum atomic E-state index is 11.6. The fourth-order valence-electron chi connectivity index (χ4n) is 0.873. The van der Waals surface area contributed by atoms with Crippen LogP contribution in [0.5, 0.6) is 0 Å². The third-order valence-electron chi connectivity index (χ3n) is 1.80. The first kappa shape index (κ1) is 13.4. The average molecular weight is 212 g/mol. The predicted molar refractivity (Wildman–Crippen MR) is 46.0 cm³/mol. The Balaban J connectivity index is 3.55. The molecule has 0 aliphatic heterocycles. The lowest BCUT2D eigenvalue weighted by Crippen LogP contribution is -2.21. The zero-order valence-corrected chi connectivity index (χ0v) is 8.36. The molecule has 5 heteroatoms. The fraction of sp³-hybridized carbons (Fsp3) is 0.889. The van der Waals surface area contributed by atoms with Crippen LogP contribution in [0.3, 0.4) is 0 Å². The zero-order valence-electron chi connectivity index (χ0n) is 8.36. The number of ether oxygens (including phenoxy) is 1. The van der Waals surface area contributed by atoms with E-state index in [1.165, 1.54) is 0 Å². The molecule has 0 N–H and O–H groups in total. The minimum Gasteiger partial charge on any atom is -0.364 e. The summed E-state index contributed by atoms with van der Waals surface area (Å²) in [6, 6.07) is 0. The van der Waals surface area contributed by atoms with Crippen LogP contribution in [0.4, 0.5) is 13.2 Å². The molecule has 0 heterocycles. The molecule has 0 aromatic rings. The molecule has 0 aliphatic carbocycles. The van der Waals surface area contributed by atoms with Gasteiger partial charge in [-0.1, -0.05) is 20.3 Å². The molecule has 0 rings (SSSR count). The lowest BCUT2D eigenvalue weighted by molar-refractivity contribution is -0.175. The Morgan fingerprint density at radius 3 is 2.43 bits per heavy atom. The average Bonchev–Trinajstić information content (AvgIpc) is 2.01. The second kappa shape index (κ2) is 6.01. The van der Waals surface area contributed by atoms with Crippen LogP contribution in [0, 0.1) is 5.92 Å². The number of alkyl halides is 3. The molecule has 0 radical (unpaired) electrons. The minimum absolute atomic E-state index is 0.206.